The maximum Gasteiger partial charge on any atom is 0.335 e. The molecule has 0 aliphatic rings. The van der Waals surface area contributed by atoms with Crippen LogP contribution in [0.15, 0.2) is 18.3 Å². The van der Waals surface area contributed by atoms with E-state index in [-0.39, 0.29) is 0 Å². The standard InChI is InChI=1S/C16H20N2O2/c1-9(2)15-14(8-18(5)17-15)12-7-13(16(19)20)11(4)6-10(12)3/h6-9H,1-5H3,(H,19,20). The molecule has 0 bridgehead atoms. The molecule has 20 heavy (non-hydrogen) atoms. The van der Waals surface area contributed by atoms with Crippen LogP contribution in [0.2, 0.25) is 0 Å². The molecule has 0 unspecified atom stereocenters. The Morgan fingerprint density at radius 1 is 1.20 bits per heavy atom. The molecule has 0 aliphatic carbocycles. The number of nitrogens with zero attached hydrogens (tertiary/aromatic N) is 2. The highest BCUT2D eigenvalue weighted by Gasteiger charge is 2.17. The van der Waals surface area contributed by atoms with E-state index in [9.17, 15) is 9.90 Å². The van der Waals surface area contributed by atoms with Gasteiger partial charge in [-0.05, 0) is 42.5 Å². The Morgan fingerprint density at radius 3 is 2.40 bits per heavy atom. The minimum absolute atomic E-state index is 0.292. The van der Waals surface area contributed by atoms with Crippen LogP contribution >= 0.6 is 0 Å². The lowest BCUT2D eigenvalue weighted by Crippen LogP contribution is -2.02. The third-order valence-corrected chi connectivity index (χ3v) is 3.50. The second-order valence-corrected chi connectivity index (χ2v) is 5.54. The van der Waals surface area contributed by atoms with Gasteiger partial charge in [0.1, 0.15) is 0 Å². The number of hydrogen-bond acceptors (Lipinski definition) is 2. The zero-order valence-electron chi connectivity index (χ0n) is 12.6. The number of aromatic nitrogens is 2. The first-order valence-corrected chi connectivity index (χ1v) is 6.69. The van der Waals surface area contributed by atoms with Gasteiger partial charge in [0.05, 0.1) is 11.3 Å². The van der Waals surface area contributed by atoms with Crippen molar-refractivity contribution in [2.45, 2.75) is 33.6 Å². The summed E-state index contributed by atoms with van der Waals surface area (Å²) >= 11 is 0. The molecule has 1 aromatic carbocycles. The van der Waals surface area contributed by atoms with Crippen LogP contribution in [0.5, 0.6) is 0 Å². The Bertz CT molecular complexity index is 669. The number of rotatable bonds is 3. The van der Waals surface area contributed by atoms with Crippen molar-refractivity contribution in [3.8, 4) is 11.1 Å². The van der Waals surface area contributed by atoms with E-state index in [0.717, 1.165) is 27.9 Å². The monoisotopic (exact) mass is 272 g/mol. The normalized spacial score (nSPS) is 11.1. The molecule has 0 spiro atoms. The highest BCUT2D eigenvalue weighted by molar-refractivity contribution is 5.91. The molecule has 4 nitrogen and oxygen atoms in total. The quantitative estimate of drug-likeness (QED) is 0.930. The Balaban J connectivity index is 2.69. The number of aromatic carboxylic acids is 1. The van der Waals surface area contributed by atoms with Crippen LogP contribution in [0.25, 0.3) is 11.1 Å². The molecule has 0 saturated heterocycles. The molecular weight excluding hydrogens is 252 g/mol. The first-order valence-electron chi connectivity index (χ1n) is 6.69. The summed E-state index contributed by atoms with van der Waals surface area (Å²) in [7, 11) is 1.89. The lowest BCUT2D eigenvalue weighted by molar-refractivity contribution is 0.0696. The van der Waals surface area contributed by atoms with Gasteiger partial charge in [0.25, 0.3) is 0 Å². The molecule has 4 heteroatoms. The topological polar surface area (TPSA) is 55.1 Å². The largest absolute Gasteiger partial charge is 0.478 e. The summed E-state index contributed by atoms with van der Waals surface area (Å²) in [5.74, 6) is -0.598. The van der Waals surface area contributed by atoms with Crippen molar-refractivity contribution in [3.63, 3.8) is 0 Å². The molecule has 0 amide bonds. The Hall–Kier alpha value is -2.10. The molecule has 2 aromatic rings. The van der Waals surface area contributed by atoms with Crippen molar-refractivity contribution in [1.82, 2.24) is 9.78 Å². The summed E-state index contributed by atoms with van der Waals surface area (Å²) in [5, 5.41) is 13.8. The molecule has 106 valence electrons. The zero-order chi connectivity index (χ0) is 15.0. The third-order valence-electron chi connectivity index (χ3n) is 3.50. The van der Waals surface area contributed by atoms with E-state index >= 15 is 0 Å². The lowest BCUT2D eigenvalue weighted by atomic mass is 9.93. The molecule has 1 N–H and O–H groups in total. The van der Waals surface area contributed by atoms with Gasteiger partial charge in [0.2, 0.25) is 0 Å². The fourth-order valence-electron chi connectivity index (χ4n) is 2.51. The third kappa shape index (κ3) is 2.46. The first kappa shape index (κ1) is 14.3. The summed E-state index contributed by atoms with van der Waals surface area (Å²) in [5.41, 5.74) is 5.17. The van der Waals surface area contributed by atoms with E-state index in [2.05, 4.69) is 18.9 Å². The van der Waals surface area contributed by atoms with Gasteiger partial charge in [-0.1, -0.05) is 19.9 Å². The van der Waals surface area contributed by atoms with Crippen LogP contribution in [0, 0.1) is 13.8 Å². The van der Waals surface area contributed by atoms with Gasteiger partial charge in [0, 0.05) is 18.8 Å². The van der Waals surface area contributed by atoms with Crippen LogP contribution in [0.4, 0.5) is 0 Å². The highest BCUT2D eigenvalue weighted by Crippen LogP contribution is 2.32. The van der Waals surface area contributed by atoms with Crippen LogP contribution in [-0.4, -0.2) is 20.9 Å². The van der Waals surface area contributed by atoms with Crippen molar-refractivity contribution in [2.24, 2.45) is 7.05 Å². The van der Waals surface area contributed by atoms with Crippen molar-refractivity contribution in [3.05, 3.63) is 40.7 Å². The molecule has 1 heterocycles. The SMILES string of the molecule is Cc1cc(C)c(-c2cn(C)nc2C(C)C)cc1C(=O)O. The number of carbonyl (C=O) groups is 1. The molecule has 0 radical (unpaired) electrons. The Morgan fingerprint density at radius 2 is 1.85 bits per heavy atom. The molecule has 0 atom stereocenters. The molecular formula is C16H20N2O2. The second kappa shape index (κ2) is 5.12. The van der Waals surface area contributed by atoms with E-state index in [1.165, 1.54) is 0 Å². The van der Waals surface area contributed by atoms with Crippen molar-refractivity contribution < 1.29 is 9.90 Å². The van der Waals surface area contributed by atoms with Crippen LogP contribution in [0.1, 0.15) is 46.9 Å². The minimum atomic E-state index is -0.890. The first-order chi connectivity index (χ1) is 9.31. The summed E-state index contributed by atoms with van der Waals surface area (Å²) in [6.45, 7) is 8.01. The number of benzene rings is 1. The summed E-state index contributed by atoms with van der Waals surface area (Å²) in [6, 6.07) is 3.69. The smallest absolute Gasteiger partial charge is 0.335 e. The van der Waals surface area contributed by atoms with Crippen molar-refractivity contribution in [1.29, 1.82) is 0 Å². The zero-order valence-corrected chi connectivity index (χ0v) is 12.6. The summed E-state index contributed by atoms with van der Waals surface area (Å²) in [4.78, 5) is 11.3. The lowest BCUT2D eigenvalue weighted by Gasteiger charge is -2.11. The van der Waals surface area contributed by atoms with Gasteiger partial charge in [0.15, 0.2) is 0 Å². The van der Waals surface area contributed by atoms with E-state index in [4.69, 9.17) is 0 Å². The fraction of sp³-hybridized carbons (Fsp3) is 0.375. The van der Waals surface area contributed by atoms with Gasteiger partial charge in [-0.2, -0.15) is 5.10 Å². The van der Waals surface area contributed by atoms with E-state index in [0.29, 0.717) is 11.5 Å². The predicted octanol–water partition coefficient (Wildman–Crippen LogP) is 3.53. The fourth-order valence-corrected chi connectivity index (χ4v) is 2.51. The summed E-state index contributed by atoms with van der Waals surface area (Å²) in [6.07, 6.45) is 1.96. The summed E-state index contributed by atoms with van der Waals surface area (Å²) < 4.78 is 1.78. The van der Waals surface area contributed by atoms with Gasteiger partial charge >= 0.3 is 5.97 Å². The van der Waals surface area contributed by atoms with Crippen LogP contribution < -0.4 is 0 Å². The Kier molecular flexibility index (Phi) is 3.66. The second-order valence-electron chi connectivity index (χ2n) is 5.54. The molecule has 0 fully saturated rings. The predicted molar refractivity (Wildman–Crippen MR) is 79.2 cm³/mol. The van der Waals surface area contributed by atoms with Crippen molar-refractivity contribution >= 4 is 5.97 Å². The van der Waals surface area contributed by atoms with Crippen LogP contribution in [-0.2, 0) is 7.05 Å². The van der Waals surface area contributed by atoms with Gasteiger partial charge < -0.3 is 5.11 Å². The maximum atomic E-state index is 11.3. The van der Waals surface area contributed by atoms with E-state index in [1.807, 2.05) is 33.2 Å². The van der Waals surface area contributed by atoms with E-state index in [1.54, 1.807) is 10.7 Å². The number of carboxylic acids is 1. The number of aryl methyl sites for hydroxylation is 3. The van der Waals surface area contributed by atoms with Crippen molar-refractivity contribution in [2.75, 3.05) is 0 Å². The molecule has 0 aliphatic heterocycles. The van der Waals surface area contributed by atoms with Gasteiger partial charge in [-0.15, -0.1) is 0 Å². The number of carboxylic acid groups (broad SMARTS) is 1. The minimum Gasteiger partial charge on any atom is -0.478 e. The average Bonchev–Trinajstić information content (AvgIpc) is 2.70. The molecule has 1 aromatic heterocycles. The maximum absolute atomic E-state index is 11.3. The van der Waals surface area contributed by atoms with Crippen LogP contribution in [0.3, 0.4) is 0 Å². The van der Waals surface area contributed by atoms with E-state index < -0.39 is 5.97 Å². The molecule has 2 rings (SSSR count). The Labute approximate surface area is 119 Å². The number of hydrogen-bond donors (Lipinski definition) is 1. The van der Waals surface area contributed by atoms with Gasteiger partial charge in [-0.3, -0.25) is 4.68 Å². The molecule has 0 saturated carbocycles. The highest BCUT2D eigenvalue weighted by atomic mass is 16.4. The average molecular weight is 272 g/mol. The van der Waals surface area contributed by atoms with Gasteiger partial charge in [-0.25, -0.2) is 4.79 Å².